The molecule has 1 saturated carbocycles. The maximum atomic E-state index is 12.5. The second kappa shape index (κ2) is 6.13. The lowest BCUT2D eigenvalue weighted by molar-refractivity contribution is -0.137. The summed E-state index contributed by atoms with van der Waals surface area (Å²) < 4.78 is 37.5. The van der Waals surface area contributed by atoms with Crippen LogP contribution < -0.4 is 10.8 Å². The number of urea groups is 1. The molecule has 2 N–H and O–H groups in total. The topological polar surface area (TPSA) is 50.4 Å². The van der Waals surface area contributed by atoms with Crippen molar-refractivity contribution in [1.82, 2.24) is 5.48 Å². The van der Waals surface area contributed by atoms with Gasteiger partial charge in [-0.1, -0.05) is 18.9 Å². The molecule has 0 radical (unpaired) electrons. The van der Waals surface area contributed by atoms with Crippen LogP contribution in [0, 0.1) is 0 Å². The van der Waals surface area contributed by atoms with Crippen LogP contribution in [0.1, 0.15) is 31.2 Å². The molecule has 20 heavy (non-hydrogen) atoms. The number of halogens is 3. The first-order valence-corrected chi connectivity index (χ1v) is 6.35. The van der Waals surface area contributed by atoms with Gasteiger partial charge in [0.05, 0.1) is 11.7 Å². The van der Waals surface area contributed by atoms with Crippen LogP contribution in [0.4, 0.5) is 23.7 Å². The summed E-state index contributed by atoms with van der Waals surface area (Å²) in [5, 5.41) is 2.30. The number of carbonyl (C=O) groups excluding carboxylic acids is 1. The molecule has 1 aromatic carbocycles. The zero-order valence-corrected chi connectivity index (χ0v) is 10.7. The predicted molar refractivity (Wildman–Crippen MR) is 66.9 cm³/mol. The molecule has 0 bridgehead atoms. The number of hydroxylamine groups is 1. The zero-order chi connectivity index (χ0) is 14.6. The molecule has 0 saturated heterocycles. The first kappa shape index (κ1) is 14.6. The van der Waals surface area contributed by atoms with E-state index in [0.717, 1.165) is 37.8 Å². The lowest BCUT2D eigenvalue weighted by Crippen LogP contribution is -2.32. The van der Waals surface area contributed by atoms with Crippen LogP contribution in [0.25, 0.3) is 0 Å². The fraction of sp³-hybridized carbons (Fsp3) is 0.462. The minimum absolute atomic E-state index is 0.0118. The van der Waals surface area contributed by atoms with Gasteiger partial charge < -0.3 is 5.32 Å². The summed E-state index contributed by atoms with van der Waals surface area (Å²) in [6.45, 7) is 0. The molecule has 0 heterocycles. The van der Waals surface area contributed by atoms with Crippen molar-refractivity contribution in [2.75, 3.05) is 5.32 Å². The summed E-state index contributed by atoms with van der Waals surface area (Å²) in [7, 11) is 0. The molecule has 0 spiro atoms. The molecule has 0 atom stereocenters. The van der Waals surface area contributed by atoms with Gasteiger partial charge in [0.1, 0.15) is 0 Å². The van der Waals surface area contributed by atoms with Gasteiger partial charge in [-0.05, 0) is 31.0 Å². The third-order valence-corrected chi connectivity index (χ3v) is 3.07. The summed E-state index contributed by atoms with van der Waals surface area (Å²) in [5.41, 5.74) is 1.45. The van der Waals surface area contributed by atoms with Crippen molar-refractivity contribution in [1.29, 1.82) is 0 Å². The van der Waals surface area contributed by atoms with E-state index in [4.69, 9.17) is 4.84 Å². The third-order valence-electron chi connectivity index (χ3n) is 3.07. The Balaban J connectivity index is 1.87. The van der Waals surface area contributed by atoms with Crippen LogP contribution in [0.5, 0.6) is 0 Å². The van der Waals surface area contributed by atoms with Crippen molar-refractivity contribution in [3.63, 3.8) is 0 Å². The van der Waals surface area contributed by atoms with E-state index in [1.807, 2.05) is 0 Å². The standard InChI is InChI=1S/C13H15F3N2O2/c14-13(15,16)9-4-3-5-10(8-9)17-12(19)18-20-11-6-1-2-7-11/h3-5,8,11H,1-2,6-7H2,(H2,17,18,19). The normalized spacial score (nSPS) is 16.1. The number of rotatable bonds is 3. The summed E-state index contributed by atoms with van der Waals surface area (Å²) in [4.78, 5) is 16.7. The molecule has 0 aromatic heterocycles. The summed E-state index contributed by atoms with van der Waals surface area (Å²) >= 11 is 0. The minimum Gasteiger partial charge on any atom is -0.306 e. The number of hydrogen-bond acceptors (Lipinski definition) is 2. The fourth-order valence-electron chi connectivity index (χ4n) is 2.07. The van der Waals surface area contributed by atoms with Crippen molar-refractivity contribution < 1.29 is 22.8 Å². The quantitative estimate of drug-likeness (QED) is 0.833. The molecule has 110 valence electrons. The average molecular weight is 288 g/mol. The third kappa shape index (κ3) is 4.12. The molecule has 1 aromatic rings. The Morgan fingerprint density at radius 1 is 1.25 bits per heavy atom. The molecule has 2 amide bonds. The van der Waals surface area contributed by atoms with Gasteiger partial charge in [0, 0.05) is 5.69 Å². The number of anilines is 1. The molecule has 0 unspecified atom stereocenters. The maximum Gasteiger partial charge on any atom is 0.416 e. The second-order valence-corrected chi connectivity index (χ2v) is 4.66. The number of nitrogens with one attached hydrogen (secondary N) is 2. The van der Waals surface area contributed by atoms with Crippen LogP contribution in [-0.4, -0.2) is 12.1 Å². The zero-order valence-electron chi connectivity index (χ0n) is 10.7. The van der Waals surface area contributed by atoms with E-state index in [9.17, 15) is 18.0 Å². The smallest absolute Gasteiger partial charge is 0.306 e. The first-order valence-electron chi connectivity index (χ1n) is 6.35. The van der Waals surface area contributed by atoms with Crippen molar-refractivity contribution in [3.05, 3.63) is 29.8 Å². The monoisotopic (exact) mass is 288 g/mol. The average Bonchev–Trinajstić information content (AvgIpc) is 2.89. The predicted octanol–water partition coefficient (Wildman–Crippen LogP) is 3.70. The summed E-state index contributed by atoms with van der Waals surface area (Å²) in [6, 6.07) is 3.74. The highest BCUT2D eigenvalue weighted by Gasteiger charge is 2.30. The minimum atomic E-state index is -4.44. The molecule has 1 fully saturated rings. The Bertz CT molecular complexity index is 471. The number of hydrogen-bond donors (Lipinski definition) is 2. The Morgan fingerprint density at radius 3 is 2.60 bits per heavy atom. The van der Waals surface area contributed by atoms with E-state index in [1.54, 1.807) is 0 Å². The Kier molecular flexibility index (Phi) is 4.49. The van der Waals surface area contributed by atoms with Crippen LogP contribution >= 0.6 is 0 Å². The number of benzene rings is 1. The molecule has 7 heteroatoms. The van der Waals surface area contributed by atoms with Crippen molar-refractivity contribution in [3.8, 4) is 0 Å². The number of amides is 2. The highest BCUT2D eigenvalue weighted by atomic mass is 19.4. The molecular formula is C13H15F3N2O2. The van der Waals surface area contributed by atoms with Crippen LogP contribution in [0.3, 0.4) is 0 Å². The molecule has 0 aliphatic heterocycles. The Hall–Kier alpha value is -1.76. The highest BCUT2D eigenvalue weighted by molar-refractivity contribution is 5.88. The van der Waals surface area contributed by atoms with Crippen LogP contribution in [0.2, 0.25) is 0 Å². The summed E-state index contributed by atoms with van der Waals surface area (Å²) in [5.74, 6) is 0. The molecule has 1 aliphatic carbocycles. The van der Waals surface area contributed by atoms with E-state index in [2.05, 4.69) is 10.8 Å². The largest absolute Gasteiger partial charge is 0.416 e. The van der Waals surface area contributed by atoms with Gasteiger partial charge in [-0.3, -0.25) is 4.84 Å². The van der Waals surface area contributed by atoms with Gasteiger partial charge in [0.15, 0.2) is 0 Å². The number of alkyl halides is 3. The van der Waals surface area contributed by atoms with Crippen molar-refractivity contribution in [2.45, 2.75) is 38.0 Å². The van der Waals surface area contributed by atoms with Gasteiger partial charge >= 0.3 is 12.2 Å². The van der Waals surface area contributed by atoms with Gasteiger partial charge in [-0.25, -0.2) is 10.3 Å². The lowest BCUT2D eigenvalue weighted by Gasteiger charge is -2.13. The Morgan fingerprint density at radius 2 is 1.95 bits per heavy atom. The highest BCUT2D eigenvalue weighted by Crippen LogP contribution is 2.30. The van der Waals surface area contributed by atoms with E-state index in [-0.39, 0.29) is 11.8 Å². The van der Waals surface area contributed by atoms with E-state index in [0.29, 0.717) is 0 Å². The van der Waals surface area contributed by atoms with E-state index >= 15 is 0 Å². The van der Waals surface area contributed by atoms with Crippen LogP contribution in [-0.2, 0) is 11.0 Å². The molecule has 1 aliphatic rings. The fourth-order valence-corrected chi connectivity index (χ4v) is 2.07. The van der Waals surface area contributed by atoms with E-state index in [1.165, 1.54) is 12.1 Å². The summed E-state index contributed by atoms with van der Waals surface area (Å²) in [6.07, 6.45) is -0.576. The van der Waals surface area contributed by atoms with Gasteiger partial charge in [0.2, 0.25) is 0 Å². The lowest BCUT2D eigenvalue weighted by atomic mass is 10.2. The number of carbonyl (C=O) groups is 1. The molecule has 2 rings (SSSR count). The van der Waals surface area contributed by atoms with E-state index < -0.39 is 17.8 Å². The van der Waals surface area contributed by atoms with Crippen molar-refractivity contribution >= 4 is 11.7 Å². The SMILES string of the molecule is O=C(NOC1CCCC1)Nc1cccc(C(F)(F)F)c1. The molecular weight excluding hydrogens is 273 g/mol. The van der Waals surface area contributed by atoms with Gasteiger partial charge in [0.25, 0.3) is 0 Å². The first-order chi connectivity index (χ1) is 9.45. The van der Waals surface area contributed by atoms with Gasteiger partial charge in [-0.2, -0.15) is 13.2 Å². The van der Waals surface area contributed by atoms with Gasteiger partial charge in [-0.15, -0.1) is 0 Å². The van der Waals surface area contributed by atoms with Crippen molar-refractivity contribution in [2.24, 2.45) is 0 Å². The maximum absolute atomic E-state index is 12.5. The second-order valence-electron chi connectivity index (χ2n) is 4.66. The Labute approximate surface area is 114 Å². The molecule has 4 nitrogen and oxygen atoms in total. The van der Waals surface area contributed by atoms with Crippen LogP contribution in [0.15, 0.2) is 24.3 Å².